The normalized spacial score (nSPS) is 14.6. The van der Waals surface area contributed by atoms with Crippen LogP contribution in [-0.4, -0.2) is 40.7 Å². The average Bonchev–Trinajstić information content (AvgIpc) is 3.19. The van der Waals surface area contributed by atoms with E-state index in [1.165, 1.54) is 11.8 Å². The van der Waals surface area contributed by atoms with Crippen LogP contribution >= 0.6 is 23.5 Å². The van der Waals surface area contributed by atoms with Gasteiger partial charge in [-0.05, 0) is 31.2 Å². The Morgan fingerprint density at radius 2 is 1.91 bits per heavy atom. The highest BCUT2D eigenvalue weighted by molar-refractivity contribution is 8.00. The number of thioether (sulfide) groups is 2. The van der Waals surface area contributed by atoms with Gasteiger partial charge in [-0.1, -0.05) is 36.4 Å². The number of ether oxygens (including phenoxy) is 2. The van der Waals surface area contributed by atoms with Gasteiger partial charge in [-0.15, -0.1) is 11.8 Å². The minimum atomic E-state index is -0.208. The van der Waals surface area contributed by atoms with Crippen molar-refractivity contribution < 1.29 is 14.3 Å². The number of benzene rings is 2. The summed E-state index contributed by atoms with van der Waals surface area (Å²) in [5, 5.41) is 3.68. The van der Waals surface area contributed by atoms with Gasteiger partial charge in [-0.25, -0.2) is 4.98 Å². The van der Waals surface area contributed by atoms with Crippen LogP contribution in [0.2, 0.25) is 0 Å². The topological polar surface area (TPSA) is 82.5 Å². The van der Waals surface area contributed by atoms with E-state index in [1.54, 1.807) is 48.7 Å². The molecule has 1 amide bonds. The third kappa shape index (κ3) is 5.04. The van der Waals surface area contributed by atoms with Crippen molar-refractivity contribution in [3.63, 3.8) is 0 Å². The lowest BCUT2D eigenvalue weighted by Gasteiger charge is -2.14. The molecule has 2 heterocycles. The summed E-state index contributed by atoms with van der Waals surface area (Å²) >= 11 is 2.81. The van der Waals surface area contributed by atoms with E-state index in [9.17, 15) is 9.59 Å². The fourth-order valence-corrected chi connectivity index (χ4v) is 5.48. The molecule has 0 saturated carbocycles. The number of anilines is 1. The number of rotatable bonds is 7. The van der Waals surface area contributed by atoms with E-state index in [0.717, 1.165) is 23.4 Å². The number of carbonyl (C=O) groups is 1. The molecule has 0 fully saturated rings. The largest absolute Gasteiger partial charge is 0.493 e. The number of nitrogens with one attached hydrogen (secondary N) is 1. The Kier molecular flexibility index (Phi) is 6.99. The van der Waals surface area contributed by atoms with E-state index < -0.39 is 0 Å². The van der Waals surface area contributed by atoms with E-state index in [0.29, 0.717) is 32.5 Å². The molecule has 1 atom stereocenters. The number of hydrogen-bond donors (Lipinski definition) is 1. The van der Waals surface area contributed by atoms with Crippen molar-refractivity contribution in [3.05, 3.63) is 64.1 Å². The lowest BCUT2D eigenvalue weighted by atomic mass is 10.2. The zero-order valence-electron chi connectivity index (χ0n) is 18.9. The molecule has 0 bridgehead atoms. The Hall–Kier alpha value is -2.91. The molecule has 1 aliphatic rings. The highest BCUT2D eigenvalue weighted by atomic mass is 32.2. The second-order valence-corrected chi connectivity index (χ2v) is 10.1. The van der Waals surface area contributed by atoms with Gasteiger partial charge in [0, 0.05) is 23.4 Å². The molecule has 1 aromatic heterocycles. The molecular weight excluding hydrogens is 458 g/mol. The molecule has 33 heavy (non-hydrogen) atoms. The first-order valence-electron chi connectivity index (χ1n) is 10.4. The third-order valence-corrected chi connectivity index (χ3v) is 7.33. The van der Waals surface area contributed by atoms with Gasteiger partial charge >= 0.3 is 0 Å². The maximum Gasteiger partial charge on any atom is 0.272 e. The highest BCUT2D eigenvalue weighted by Crippen LogP contribution is 2.35. The van der Waals surface area contributed by atoms with Gasteiger partial charge in [0.2, 0.25) is 5.91 Å². The number of aryl methyl sites for hydroxylation is 1. The van der Waals surface area contributed by atoms with Crippen molar-refractivity contribution in [1.29, 1.82) is 0 Å². The fourth-order valence-electron chi connectivity index (χ4n) is 3.56. The Bertz CT molecular complexity index is 1240. The van der Waals surface area contributed by atoms with Crippen LogP contribution < -0.4 is 20.3 Å². The predicted octanol–water partition coefficient (Wildman–Crippen LogP) is 4.33. The molecule has 7 nitrogen and oxygen atoms in total. The summed E-state index contributed by atoms with van der Waals surface area (Å²) in [5.74, 6) is 1.01. The SMILES string of the molecule is COc1ccc(NC(=O)CSc2nc3c(c(=O)n2-c2ccc(C)cc2)SC(C)C3)cc1OC. The van der Waals surface area contributed by atoms with E-state index in [2.05, 4.69) is 12.2 Å². The van der Waals surface area contributed by atoms with Gasteiger partial charge in [-0.3, -0.25) is 14.2 Å². The van der Waals surface area contributed by atoms with E-state index in [1.807, 2.05) is 31.2 Å². The number of hydrogen-bond acceptors (Lipinski definition) is 7. The number of aromatic nitrogens is 2. The number of amides is 1. The van der Waals surface area contributed by atoms with E-state index >= 15 is 0 Å². The van der Waals surface area contributed by atoms with Crippen molar-refractivity contribution in [2.45, 2.75) is 35.6 Å². The maximum atomic E-state index is 13.3. The molecule has 4 rings (SSSR count). The van der Waals surface area contributed by atoms with Gasteiger partial charge < -0.3 is 14.8 Å². The quantitative estimate of drug-likeness (QED) is 0.396. The van der Waals surface area contributed by atoms with Gasteiger partial charge in [0.05, 0.1) is 36.2 Å². The van der Waals surface area contributed by atoms with Crippen molar-refractivity contribution >= 4 is 35.1 Å². The summed E-state index contributed by atoms with van der Waals surface area (Å²) in [6, 6.07) is 12.9. The zero-order chi connectivity index (χ0) is 23.5. The van der Waals surface area contributed by atoms with E-state index in [-0.39, 0.29) is 17.2 Å². The standard InChI is InChI=1S/C24H25N3O4S2/c1-14-5-8-17(9-6-14)27-23(29)22-18(11-15(2)33-22)26-24(27)32-13-21(28)25-16-7-10-19(30-3)20(12-16)31-4/h5-10,12,15H,11,13H2,1-4H3,(H,25,28). The first-order valence-corrected chi connectivity index (χ1v) is 12.3. The maximum absolute atomic E-state index is 13.3. The van der Waals surface area contributed by atoms with Crippen molar-refractivity contribution in [1.82, 2.24) is 9.55 Å². The van der Waals surface area contributed by atoms with Crippen molar-refractivity contribution in [2.75, 3.05) is 25.3 Å². The van der Waals surface area contributed by atoms with Crippen molar-refractivity contribution in [2.24, 2.45) is 0 Å². The zero-order valence-corrected chi connectivity index (χ0v) is 20.5. The van der Waals surface area contributed by atoms with Crippen molar-refractivity contribution in [3.8, 4) is 17.2 Å². The summed E-state index contributed by atoms with van der Waals surface area (Å²) in [7, 11) is 3.10. The summed E-state index contributed by atoms with van der Waals surface area (Å²) < 4.78 is 12.1. The smallest absolute Gasteiger partial charge is 0.272 e. The second-order valence-electron chi connectivity index (χ2n) is 7.69. The number of carbonyl (C=O) groups excluding carboxylic acids is 1. The molecule has 2 aromatic carbocycles. The van der Waals surface area contributed by atoms with Gasteiger partial charge in [0.1, 0.15) is 0 Å². The molecule has 1 N–H and O–H groups in total. The van der Waals surface area contributed by atoms with Crippen LogP contribution in [0.15, 0.2) is 57.3 Å². The molecule has 0 spiro atoms. The molecule has 0 aliphatic carbocycles. The van der Waals surface area contributed by atoms with E-state index in [4.69, 9.17) is 14.5 Å². The number of nitrogens with zero attached hydrogens (tertiary/aromatic N) is 2. The number of fused-ring (bicyclic) bond motifs is 1. The van der Waals surface area contributed by atoms with Crippen LogP contribution in [-0.2, 0) is 11.2 Å². The minimum Gasteiger partial charge on any atom is -0.493 e. The molecular formula is C24H25N3O4S2. The Morgan fingerprint density at radius 1 is 1.18 bits per heavy atom. The summed E-state index contributed by atoms with van der Waals surface area (Å²) in [5.41, 5.74) is 3.17. The predicted molar refractivity (Wildman–Crippen MR) is 132 cm³/mol. The summed E-state index contributed by atoms with van der Waals surface area (Å²) in [6.07, 6.45) is 0.745. The van der Waals surface area contributed by atoms with Gasteiger partial charge in [0.15, 0.2) is 16.7 Å². The highest BCUT2D eigenvalue weighted by Gasteiger charge is 2.27. The van der Waals surface area contributed by atoms with Crippen LogP contribution in [0.25, 0.3) is 5.69 Å². The lowest BCUT2D eigenvalue weighted by molar-refractivity contribution is -0.113. The lowest BCUT2D eigenvalue weighted by Crippen LogP contribution is -2.24. The van der Waals surface area contributed by atoms with Crippen LogP contribution in [0.3, 0.4) is 0 Å². The Morgan fingerprint density at radius 3 is 2.61 bits per heavy atom. The molecule has 1 aliphatic heterocycles. The monoisotopic (exact) mass is 483 g/mol. The Labute approximate surface area is 200 Å². The number of methoxy groups -OCH3 is 2. The Balaban J connectivity index is 1.58. The molecule has 172 valence electrons. The minimum absolute atomic E-state index is 0.0824. The summed E-state index contributed by atoms with van der Waals surface area (Å²) in [4.78, 5) is 31.5. The van der Waals surface area contributed by atoms with Crippen LogP contribution in [0.5, 0.6) is 11.5 Å². The second kappa shape index (κ2) is 9.93. The van der Waals surface area contributed by atoms with Gasteiger partial charge in [0.25, 0.3) is 5.56 Å². The first kappa shape index (κ1) is 23.3. The van der Waals surface area contributed by atoms with Crippen LogP contribution in [0, 0.1) is 6.92 Å². The van der Waals surface area contributed by atoms with Crippen LogP contribution in [0.1, 0.15) is 18.2 Å². The third-order valence-electron chi connectivity index (χ3n) is 5.17. The molecule has 0 radical (unpaired) electrons. The molecule has 0 saturated heterocycles. The van der Waals surface area contributed by atoms with Gasteiger partial charge in [-0.2, -0.15) is 0 Å². The van der Waals surface area contributed by atoms with Crippen LogP contribution in [0.4, 0.5) is 5.69 Å². The molecule has 1 unspecified atom stereocenters. The molecule has 3 aromatic rings. The summed E-state index contributed by atoms with van der Waals surface area (Å²) in [6.45, 7) is 4.09. The fraction of sp³-hybridized carbons (Fsp3) is 0.292. The first-order chi connectivity index (χ1) is 15.9. The molecule has 9 heteroatoms. The average molecular weight is 484 g/mol.